The monoisotopic (exact) mass is 349 g/mol. The third kappa shape index (κ3) is 3.31. The molecule has 0 bridgehead atoms. The standard InChI is InChI=1S/C20H23N5O/c1-14-10-11-15(20(26)22-16-7-4-2-3-5-8-16)13-18(14)25-19-17(23-24-25)9-6-12-21-19/h6,9-13,16H,2-5,7-8H2,1H3,(H,22,26). The molecule has 1 fully saturated rings. The minimum absolute atomic E-state index is 0.0180. The molecule has 0 spiro atoms. The summed E-state index contributed by atoms with van der Waals surface area (Å²) in [6.07, 6.45) is 8.80. The van der Waals surface area contributed by atoms with Crippen molar-refractivity contribution in [2.75, 3.05) is 0 Å². The van der Waals surface area contributed by atoms with E-state index >= 15 is 0 Å². The number of fused-ring (bicyclic) bond motifs is 1. The van der Waals surface area contributed by atoms with Crippen molar-refractivity contribution in [2.45, 2.75) is 51.5 Å². The van der Waals surface area contributed by atoms with Gasteiger partial charge in [-0.1, -0.05) is 37.0 Å². The predicted octanol–water partition coefficient (Wildman–Crippen LogP) is 3.58. The molecule has 1 aliphatic rings. The third-order valence-corrected chi connectivity index (χ3v) is 5.10. The second kappa shape index (κ2) is 7.23. The lowest BCUT2D eigenvalue weighted by molar-refractivity contribution is 0.0933. The molecule has 1 aliphatic carbocycles. The summed E-state index contributed by atoms with van der Waals surface area (Å²) in [5, 5.41) is 11.6. The van der Waals surface area contributed by atoms with Crippen LogP contribution in [-0.4, -0.2) is 31.9 Å². The van der Waals surface area contributed by atoms with E-state index < -0.39 is 0 Å². The molecule has 1 N–H and O–H groups in total. The molecule has 134 valence electrons. The van der Waals surface area contributed by atoms with E-state index in [4.69, 9.17) is 0 Å². The van der Waals surface area contributed by atoms with Crippen LogP contribution in [0, 0.1) is 6.92 Å². The first-order chi connectivity index (χ1) is 12.7. The lowest BCUT2D eigenvalue weighted by Crippen LogP contribution is -2.34. The molecule has 6 nitrogen and oxygen atoms in total. The summed E-state index contributed by atoms with van der Waals surface area (Å²) in [7, 11) is 0. The van der Waals surface area contributed by atoms with Crippen LogP contribution < -0.4 is 5.32 Å². The Bertz CT molecular complexity index is 925. The Balaban J connectivity index is 1.62. The van der Waals surface area contributed by atoms with E-state index in [0.717, 1.165) is 29.6 Å². The van der Waals surface area contributed by atoms with Gasteiger partial charge in [0.15, 0.2) is 5.65 Å². The van der Waals surface area contributed by atoms with Crippen molar-refractivity contribution >= 4 is 17.1 Å². The lowest BCUT2D eigenvalue weighted by Gasteiger charge is -2.17. The van der Waals surface area contributed by atoms with Crippen molar-refractivity contribution in [3.05, 3.63) is 47.7 Å². The fourth-order valence-corrected chi connectivity index (χ4v) is 3.60. The smallest absolute Gasteiger partial charge is 0.251 e. The molecular weight excluding hydrogens is 326 g/mol. The average Bonchev–Trinajstić information content (AvgIpc) is 2.91. The lowest BCUT2D eigenvalue weighted by atomic mass is 10.1. The molecular formula is C20H23N5O. The van der Waals surface area contributed by atoms with Crippen LogP contribution in [0.3, 0.4) is 0 Å². The average molecular weight is 349 g/mol. The molecule has 4 rings (SSSR count). The SMILES string of the molecule is Cc1ccc(C(=O)NC2CCCCCC2)cc1-n1nnc2cccnc21. The molecule has 0 unspecified atom stereocenters. The van der Waals surface area contributed by atoms with Gasteiger partial charge < -0.3 is 5.32 Å². The Kier molecular flexibility index (Phi) is 4.65. The van der Waals surface area contributed by atoms with Crippen LogP contribution in [0.5, 0.6) is 0 Å². The number of carbonyl (C=O) groups excluding carboxylic acids is 1. The largest absolute Gasteiger partial charge is 0.349 e. The Hall–Kier alpha value is -2.76. The second-order valence-corrected chi connectivity index (χ2v) is 7.01. The van der Waals surface area contributed by atoms with E-state index in [2.05, 4.69) is 20.6 Å². The van der Waals surface area contributed by atoms with Gasteiger partial charge in [0.1, 0.15) is 5.52 Å². The highest BCUT2D eigenvalue weighted by Crippen LogP contribution is 2.21. The van der Waals surface area contributed by atoms with Gasteiger partial charge in [0.25, 0.3) is 5.91 Å². The minimum atomic E-state index is -0.0180. The van der Waals surface area contributed by atoms with Crippen LogP contribution in [-0.2, 0) is 0 Å². The zero-order valence-corrected chi connectivity index (χ0v) is 15.0. The fraction of sp³-hybridized carbons (Fsp3) is 0.400. The topological polar surface area (TPSA) is 72.7 Å². The summed E-state index contributed by atoms with van der Waals surface area (Å²) >= 11 is 0. The number of pyridine rings is 1. The Labute approximate surface area is 152 Å². The maximum Gasteiger partial charge on any atom is 0.251 e. The third-order valence-electron chi connectivity index (χ3n) is 5.10. The van der Waals surface area contributed by atoms with Gasteiger partial charge in [-0.15, -0.1) is 5.10 Å². The van der Waals surface area contributed by atoms with Gasteiger partial charge >= 0.3 is 0 Å². The number of aromatic nitrogens is 4. The van der Waals surface area contributed by atoms with Crippen LogP contribution >= 0.6 is 0 Å². The van der Waals surface area contributed by atoms with Crippen molar-refractivity contribution in [3.8, 4) is 5.69 Å². The molecule has 0 atom stereocenters. The van der Waals surface area contributed by atoms with E-state index in [9.17, 15) is 4.79 Å². The van der Waals surface area contributed by atoms with E-state index in [1.165, 1.54) is 25.7 Å². The normalized spacial score (nSPS) is 15.7. The van der Waals surface area contributed by atoms with Gasteiger partial charge in [-0.2, -0.15) is 4.68 Å². The molecule has 1 amide bonds. The van der Waals surface area contributed by atoms with E-state index in [1.54, 1.807) is 10.9 Å². The fourth-order valence-electron chi connectivity index (χ4n) is 3.60. The number of nitrogens with one attached hydrogen (secondary N) is 1. The molecule has 1 saturated carbocycles. The maximum atomic E-state index is 12.7. The number of carbonyl (C=O) groups is 1. The second-order valence-electron chi connectivity index (χ2n) is 7.01. The molecule has 1 aromatic carbocycles. The number of benzene rings is 1. The van der Waals surface area contributed by atoms with Crippen LogP contribution in [0.1, 0.15) is 54.4 Å². The highest BCUT2D eigenvalue weighted by Gasteiger charge is 2.17. The van der Waals surface area contributed by atoms with Crippen molar-refractivity contribution in [3.63, 3.8) is 0 Å². The van der Waals surface area contributed by atoms with Crippen LogP contribution in [0.25, 0.3) is 16.9 Å². The highest BCUT2D eigenvalue weighted by atomic mass is 16.1. The summed E-state index contributed by atoms with van der Waals surface area (Å²) < 4.78 is 1.70. The molecule has 6 heteroatoms. The number of nitrogens with zero attached hydrogens (tertiary/aromatic N) is 4. The van der Waals surface area contributed by atoms with Gasteiger partial charge in [0.05, 0.1) is 5.69 Å². The van der Waals surface area contributed by atoms with E-state index in [1.807, 2.05) is 37.3 Å². The van der Waals surface area contributed by atoms with Gasteiger partial charge in [0, 0.05) is 17.8 Å². The van der Waals surface area contributed by atoms with Crippen LogP contribution in [0.4, 0.5) is 0 Å². The summed E-state index contributed by atoms with van der Waals surface area (Å²) in [6, 6.07) is 9.70. The van der Waals surface area contributed by atoms with Crippen LogP contribution in [0.2, 0.25) is 0 Å². The number of aryl methyl sites for hydroxylation is 1. The molecule has 26 heavy (non-hydrogen) atoms. The van der Waals surface area contributed by atoms with Gasteiger partial charge in [-0.25, -0.2) is 4.98 Å². The number of hydrogen-bond donors (Lipinski definition) is 1. The first-order valence-electron chi connectivity index (χ1n) is 9.31. The van der Waals surface area contributed by atoms with E-state index in [-0.39, 0.29) is 11.9 Å². The molecule has 3 aromatic rings. The van der Waals surface area contributed by atoms with Gasteiger partial charge in [0.2, 0.25) is 0 Å². The van der Waals surface area contributed by atoms with Crippen molar-refractivity contribution in [1.82, 2.24) is 25.3 Å². The maximum absolute atomic E-state index is 12.7. The number of amides is 1. The van der Waals surface area contributed by atoms with E-state index in [0.29, 0.717) is 11.2 Å². The van der Waals surface area contributed by atoms with Gasteiger partial charge in [-0.3, -0.25) is 4.79 Å². The van der Waals surface area contributed by atoms with Gasteiger partial charge in [-0.05, 0) is 49.6 Å². The minimum Gasteiger partial charge on any atom is -0.349 e. The first-order valence-corrected chi connectivity index (χ1v) is 9.31. The van der Waals surface area contributed by atoms with Crippen LogP contribution in [0.15, 0.2) is 36.5 Å². The summed E-state index contributed by atoms with van der Waals surface area (Å²) in [6.45, 7) is 2.00. The Morgan fingerprint density at radius 2 is 1.96 bits per heavy atom. The molecule has 0 saturated heterocycles. The summed E-state index contributed by atoms with van der Waals surface area (Å²) in [5.41, 5.74) is 3.93. The van der Waals surface area contributed by atoms with Crippen molar-refractivity contribution in [1.29, 1.82) is 0 Å². The predicted molar refractivity (Wildman–Crippen MR) is 100 cm³/mol. The molecule has 0 aliphatic heterocycles. The van der Waals surface area contributed by atoms with Crippen molar-refractivity contribution in [2.24, 2.45) is 0 Å². The number of rotatable bonds is 3. The molecule has 2 aromatic heterocycles. The molecule has 2 heterocycles. The Morgan fingerprint density at radius 3 is 2.77 bits per heavy atom. The summed E-state index contributed by atoms with van der Waals surface area (Å²) in [5.74, 6) is -0.0180. The molecule has 0 radical (unpaired) electrons. The zero-order chi connectivity index (χ0) is 17.9. The highest BCUT2D eigenvalue weighted by molar-refractivity contribution is 5.95. The first kappa shape index (κ1) is 16.7. The Morgan fingerprint density at radius 1 is 1.15 bits per heavy atom. The van der Waals surface area contributed by atoms with Crippen molar-refractivity contribution < 1.29 is 4.79 Å². The number of hydrogen-bond acceptors (Lipinski definition) is 4. The zero-order valence-electron chi connectivity index (χ0n) is 15.0. The summed E-state index contributed by atoms with van der Waals surface area (Å²) in [4.78, 5) is 17.1. The quantitative estimate of drug-likeness (QED) is 0.734.